The molecule has 0 fully saturated rings. The van der Waals surface area contributed by atoms with Crippen LogP contribution in [0.1, 0.15) is 17.8 Å². The van der Waals surface area contributed by atoms with E-state index in [2.05, 4.69) is 23.3 Å². The van der Waals surface area contributed by atoms with Crippen molar-refractivity contribution in [3.8, 4) is 11.5 Å². The third-order valence-electron chi connectivity index (χ3n) is 3.98. The summed E-state index contributed by atoms with van der Waals surface area (Å²) >= 11 is 0. The van der Waals surface area contributed by atoms with Gasteiger partial charge in [-0.05, 0) is 25.3 Å². The molecular formula is C19H22N2O2. The third-order valence-corrected chi connectivity index (χ3v) is 3.98. The van der Waals surface area contributed by atoms with Gasteiger partial charge in [-0.3, -0.25) is 4.68 Å². The van der Waals surface area contributed by atoms with Gasteiger partial charge in [-0.15, -0.1) is 0 Å². The van der Waals surface area contributed by atoms with Crippen LogP contribution in [0.2, 0.25) is 0 Å². The Hall–Kier alpha value is -2.49. The second-order valence-corrected chi connectivity index (χ2v) is 5.65. The largest absolute Gasteiger partial charge is 0.493 e. The molecule has 0 aliphatic rings. The number of benzene rings is 2. The summed E-state index contributed by atoms with van der Waals surface area (Å²) < 4.78 is 13.6. The van der Waals surface area contributed by atoms with E-state index in [1.54, 1.807) is 0 Å². The first-order chi connectivity index (χ1) is 11.2. The van der Waals surface area contributed by atoms with Crippen LogP contribution in [-0.4, -0.2) is 23.0 Å². The summed E-state index contributed by atoms with van der Waals surface area (Å²) in [6.45, 7) is 5.24. The third kappa shape index (κ3) is 3.31. The summed E-state index contributed by atoms with van der Waals surface area (Å²) in [7, 11) is 1.93. The van der Waals surface area contributed by atoms with E-state index >= 15 is 0 Å². The normalized spacial score (nSPS) is 10.9. The molecule has 4 heteroatoms. The molecule has 0 atom stereocenters. The fourth-order valence-electron chi connectivity index (χ4n) is 2.70. The average molecular weight is 310 g/mol. The lowest BCUT2D eigenvalue weighted by Crippen LogP contribution is -2.06. The quantitative estimate of drug-likeness (QED) is 0.645. The standard InChI is InChI=1S/C19H22N2O2/c1-14-19(15(2)21(3)20-14)23-13-7-12-22-18-11-6-9-16-8-4-5-10-17(16)18/h4-6,8-11H,7,12-13H2,1-3H3. The SMILES string of the molecule is Cc1nn(C)c(C)c1OCCCOc1cccc2ccccc12. The highest BCUT2D eigenvalue weighted by atomic mass is 16.5. The van der Waals surface area contributed by atoms with Crippen LogP contribution in [0.4, 0.5) is 0 Å². The first-order valence-electron chi connectivity index (χ1n) is 7.90. The van der Waals surface area contributed by atoms with Gasteiger partial charge in [0.05, 0.1) is 18.9 Å². The lowest BCUT2D eigenvalue weighted by atomic mass is 10.1. The van der Waals surface area contributed by atoms with Crippen molar-refractivity contribution in [1.29, 1.82) is 0 Å². The summed E-state index contributed by atoms with van der Waals surface area (Å²) in [5.74, 6) is 1.81. The Morgan fingerprint density at radius 3 is 2.48 bits per heavy atom. The number of ether oxygens (including phenoxy) is 2. The van der Waals surface area contributed by atoms with Crippen molar-refractivity contribution >= 4 is 10.8 Å². The Morgan fingerprint density at radius 1 is 0.957 bits per heavy atom. The second-order valence-electron chi connectivity index (χ2n) is 5.65. The van der Waals surface area contributed by atoms with Crippen LogP contribution in [0.15, 0.2) is 42.5 Å². The monoisotopic (exact) mass is 310 g/mol. The molecule has 2 aromatic carbocycles. The van der Waals surface area contributed by atoms with Gasteiger partial charge in [-0.25, -0.2) is 0 Å². The van der Waals surface area contributed by atoms with Crippen molar-refractivity contribution in [2.75, 3.05) is 13.2 Å². The van der Waals surface area contributed by atoms with Gasteiger partial charge >= 0.3 is 0 Å². The lowest BCUT2D eigenvalue weighted by molar-refractivity contribution is 0.247. The maximum absolute atomic E-state index is 5.92. The molecule has 0 bridgehead atoms. The summed E-state index contributed by atoms with van der Waals surface area (Å²) in [6, 6.07) is 14.4. The van der Waals surface area contributed by atoms with E-state index in [0.29, 0.717) is 13.2 Å². The van der Waals surface area contributed by atoms with Crippen LogP contribution in [0, 0.1) is 13.8 Å². The van der Waals surface area contributed by atoms with Gasteiger partial charge in [0, 0.05) is 18.9 Å². The molecule has 0 aliphatic heterocycles. The molecule has 0 saturated heterocycles. The van der Waals surface area contributed by atoms with E-state index in [1.165, 1.54) is 5.39 Å². The van der Waals surface area contributed by atoms with Crippen LogP contribution in [0.3, 0.4) is 0 Å². The topological polar surface area (TPSA) is 36.3 Å². The number of fused-ring (bicyclic) bond motifs is 1. The maximum atomic E-state index is 5.92. The fourth-order valence-corrected chi connectivity index (χ4v) is 2.70. The van der Waals surface area contributed by atoms with E-state index in [4.69, 9.17) is 9.47 Å². The molecule has 0 radical (unpaired) electrons. The molecular weight excluding hydrogens is 288 g/mol. The molecule has 23 heavy (non-hydrogen) atoms. The molecule has 3 rings (SSSR count). The van der Waals surface area contributed by atoms with Gasteiger partial charge in [-0.2, -0.15) is 5.10 Å². The summed E-state index contributed by atoms with van der Waals surface area (Å²) in [6.07, 6.45) is 0.830. The van der Waals surface area contributed by atoms with Crippen LogP contribution in [0.5, 0.6) is 11.5 Å². The molecule has 0 N–H and O–H groups in total. The average Bonchev–Trinajstić information content (AvgIpc) is 2.80. The van der Waals surface area contributed by atoms with Gasteiger partial charge in [0.2, 0.25) is 0 Å². The summed E-state index contributed by atoms with van der Waals surface area (Å²) in [5, 5.41) is 6.70. The highest BCUT2D eigenvalue weighted by Crippen LogP contribution is 2.25. The molecule has 0 saturated carbocycles. The van der Waals surface area contributed by atoms with Gasteiger partial charge in [0.1, 0.15) is 11.4 Å². The van der Waals surface area contributed by atoms with E-state index < -0.39 is 0 Å². The van der Waals surface area contributed by atoms with Crippen molar-refractivity contribution in [1.82, 2.24) is 9.78 Å². The van der Waals surface area contributed by atoms with Crippen molar-refractivity contribution in [3.63, 3.8) is 0 Å². The van der Waals surface area contributed by atoms with Crippen LogP contribution in [0.25, 0.3) is 10.8 Å². The molecule has 120 valence electrons. The van der Waals surface area contributed by atoms with Crippen molar-refractivity contribution in [2.24, 2.45) is 7.05 Å². The molecule has 0 aliphatic carbocycles. The highest BCUT2D eigenvalue weighted by molar-refractivity contribution is 5.88. The van der Waals surface area contributed by atoms with Crippen LogP contribution in [-0.2, 0) is 7.05 Å². The Labute approximate surface area is 136 Å². The minimum absolute atomic E-state index is 0.623. The van der Waals surface area contributed by atoms with Crippen molar-refractivity contribution in [2.45, 2.75) is 20.3 Å². The number of hydrogen-bond acceptors (Lipinski definition) is 3. The minimum atomic E-state index is 0.623. The second kappa shape index (κ2) is 6.73. The zero-order valence-electron chi connectivity index (χ0n) is 13.9. The van der Waals surface area contributed by atoms with Crippen LogP contribution >= 0.6 is 0 Å². The number of aromatic nitrogens is 2. The van der Waals surface area contributed by atoms with Crippen LogP contribution < -0.4 is 9.47 Å². The Kier molecular flexibility index (Phi) is 4.51. The predicted octanol–water partition coefficient (Wildman–Crippen LogP) is 4.04. The maximum Gasteiger partial charge on any atom is 0.162 e. The molecule has 0 amide bonds. The molecule has 4 nitrogen and oxygen atoms in total. The Bertz CT molecular complexity index is 803. The van der Waals surface area contributed by atoms with E-state index in [1.807, 2.05) is 49.8 Å². The Balaban J connectivity index is 1.53. The Morgan fingerprint density at radius 2 is 1.70 bits per heavy atom. The van der Waals surface area contributed by atoms with E-state index in [0.717, 1.165) is 34.7 Å². The zero-order valence-corrected chi connectivity index (χ0v) is 13.9. The van der Waals surface area contributed by atoms with Gasteiger partial charge in [0.15, 0.2) is 5.75 Å². The molecule has 0 spiro atoms. The smallest absolute Gasteiger partial charge is 0.162 e. The van der Waals surface area contributed by atoms with Gasteiger partial charge in [-0.1, -0.05) is 36.4 Å². The first-order valence-corrected chi connectivity index (χ1v) is 7.90. The number of hydrogen-bond donors (Lipinski definition) is 0. The molecule has 1 heterocycles. The van der Waals surface area contributed by atoms with E-state index in [-0.39, 0.29) is 0 Å². The number of rotatable bonds is 6. The number of aryl methyl sites for hydroxylation is 2. The predicted molar refractivity (Wildman–Crippen MR) is 92.2 cm³/mol. The number of nitrogens with zero attached hydrogens (tertiary/aromatic N) is 2. The lowest BCUT2D eigenvalue weighted by Gasteiger charge is -2.10. The van der Waals surface area contributed by atoms with Gasteiger partial charge in [0.25, 0.3) is 0 Å². The van der Waals surface area contributed by atoms with E-state index in [9.17, 15) is 0 Å². The summed E-state index contributed by atoms with van der Waals surface area (Å²) in [5.41, 5.74) is 1.98. The molecule has 1 aromatic heterocycles. The molecule has 3 aromatic rings. The highest BCUT2D eigenvalue weighted by Gasteiger charge is 2.10. The minimum Gasteiger partial charge on any atom is -0.493 e. The molecule has 0 unspecified atom stereocenters. The first kappa shape index (κ1) is 15.4. The van der Waals surface area contributed by atoms with Crippen molar-refractivity contribution < 1.29 is 9.47 Å². The van der Waals surface area contributed by atoms with Crippen molar-refractivity contribution in [3.05, 3.63) is 53.9 Å². The zero-order chi connectivity index (χ0) is 16.2. The summed E-state index contributed by atoms with van der Waals surface area (Å²) in [4.78, 5) is 0. The fraction of sp³-hybridized carbons (Fsp3) is 0.316. The van der Waals surface area contributed by atoms with Gasteiger partial charge < -0.3 is 9.47 Å².